The summed E-state index contributed by atoms with van der Waals surface area (Å²) in [6.07, 6.45) is 1.62. The predicted molar refractivity (Wildman–Crippen MR) is 42.3 cm³/mol. The fourth-order valence-electron chi connectivity index (χ4n) is 1.04. The smallest absolute Gasteiger partial charge is 0.181 e. The van der Waals surface area contributed by atoms with E-state index in [1.54, 1.807) is 6.20 Å². The van der Waals surface area contributed by atoms with E-state index in [0.29, 0.717) is 11.5 Å². The minimum atomic E-state index is -0.151. The van der Waals surface area contributed by atoms with E-state index >= 15 is 0 Å². The van der Waals surface area contributed by atoms with Crippen molar-refractivity contribution in [1.29, 1.82) is 0 Å². The van der Waals surface area contributed by atoms with E-state index in [0.717, 1.165) is 11.3 Å². The lowest BCUT2D eigenvalue weighted by atomic mass is 10.5. The molecule has 0 aliphatic rings. The molecule has 0 aromatic carbocycles. The molecule has 0 spiro atoms. The molecular formula is C7H8N4O. The quantitative estimate of drug-likeness (QED) is 0.629. The van der Waals surface area contributed by atoms with Crippen LogP contribution < -0.4 is 0 Å². The maximum atomic E-state index is 8.74. The van der Waals surface area contributed by atoms with Gasteiger partial charge in [-0.05, 0) is 6.92 Å². The summed E-state index contributed by atoms with van der Waals surface area (Å²) in [6, 6.07) is 0. The molecule has 0 aliphatic carbocycles. The van der Waals surface area contributed by atoms with Crippen LogP contribution in [0, 0.1) is 6.92 Å². The Kier molecular flexibility index (Phi) is 1.51. The number of hydrogen-bond donors (Lipinski definition) is 2. The molecule has 5 heteroatoms. The van der Waals surface area contributed by atoms with Gasteiger partial charge < -0.3 is 10.1 Å². The molecule has 0 bridgehead atoms. The third-order valence-corrected chi connectivity index (χ3v) is 1.55. The average Bonchev–Trinajstić information content (AvgIpc) is 2.43. The van der Waals surface area contributed by atoms with E-state index in [1.165, 1.54) is 0 Å². The molecule has 0 saturated carbocycles. The zero-order valence-electron chi connectivity index (χ0n) is 6.57. The van der Waals surface area contributed by atoms with Crippen LogP contribution in [-0.2, 0) is 6.61 Å². The van der Waals surface area contributed by atoms with Gasteiger partial charge in [-0.2, -0.15) is 0 Å². The lowest BCUT2D eigenvalue weighted by Gasteiger charge is -1.91. The number of hydrogen-bond acceptors (Lipinski definition) is 4. The Morgan fingerprint density at radius 1 is 1.50 bits per heavy atom. The van der Waals surface area contributed by atoms with E-state index < -0.39 is 0 Å². The van der Waals surface area contributed by atoms with Gasteiger partial charge in [-0.3, -0.25) is 0 Å². The average molecular weight is 164 g/mol. The molecule has 0 amide bonds. The standard InChI is InChI=1S/C7H8N4O/c1-4-9-5-2-8-6(3-12)11-7(5)10-4/h2,12H,3H2,1H3,(H,8,9,10,11). The predicted octanol–water partition coefficient (Wildman–Crippen LogP) is 0.154. The molecular weight excluding hydrogens is 156 g/mol. The number of aryl methyl sites for hydroxylation is 1. The molecule has 0 saturated heterocycles. The summed E-state index contributed by atoms with van der Waals surface area (Å²) in [5.41, 5.74) is 1.40. The van der Waals surface area contributed by atoms with Gasteiger partial charge in [-0.15, -0.1) is 0 Å². The highest BCUT2D eigenvalue weighted by atomic mass is 16.3. The molecule has 2 N–H and O–H groups in total. The first-order valence-corrected chi connectivity index (χ1v) is 3.58. The number of aromatic nitrogens is 4. The van der Waals surface area contributed by atoms with E-state index in [9.17, 15) is 0 Å². The van der Waals surface area contributed by atoms with Crippen LogP contribution in [0.1, 0.15) is 11.6 Å². The molecule has 2 aromatic rings. The summed E-state index contributed by atoms with van der Waals surface area (Å²) < 4.78 is 0. The van der Waals surface area contributed by atoms with Crippen LogP contribution in [0.3, 0.4) is 0 Å². The molecule has 0 fully saturated rings. The van der Waals surface area contributed by atoms with Gasteiger partial charge in [0.2, 0.25) is 0 Å². The SMILES string of the molecule is Cc1nc2nc(CO)ncc2[nH]1. The van der Waals surface area contributed by atoms with Crippen molar-refractivity contribution < 1.29 is 5.11 Å². The molecule has 2 aromatic heterocycles. The summed E-state index contributed by atoms with van der Waals surface area (Å²) in [4.78, 5) is 15.0. The lowest BCUT2D eigenvalue weighted by molar-refractivity contribution is 0.271. The number of aromatic amines is 1. The third-order valence-electron chi connectivity index (χ3n) is 1.55. The fraction of sp³-hybridized carbons (Fsp3) is 0.286. The summed E-state index contributed by atoms with van der Waals surface area (Å²) in [7, 11) is 0. The second-order valence-electron chi connectivity index (χ2n) is 2.50. The number of nitrogens with zero attached hydrogens (tertiary/aromatic N) is 3. The maximum absolute atomic E-state index is 8.74. The van der Waals surface area contributed by atoms with Gasteiger partial charge in [-0.1, -0.05) is 0 Å². The van der Waals surface area contributed by atoms with Gasteiger partial charge in [0.1, 0.15) is 17.9 Å². The van der Waals surface area contributed by atoms with Crippen LogP contribution in [0.25, 0.3) is 11.2 Å². The first kappa shape index (κ1) is 7.17. The number of rotatable bonds is 1. The van der Waals surface area contributed by atoms with Crippen LogP contribution in [-0.4, -0.2) is 25.0 Å². The lowest BCUT2D eigenvalue weighted by Crippen LogP contribution is -1.93. The van der Waals surface area contributed by atoms with E-state index in [4.69, 9.17) is 5.11 Å². The number of aliphatic hydroxyl groups excluding tert-OH is 1. The first-order chi connectivity index (χ1) is 5.79. The van der Waals surface area contributed by atoms with Crippen molar-refractivity contribution in [2.75, 3.05) is 0 Å². The van der Waals surface area contributed by atoms with E-state index in [-0.39, 0.29) is 6.61 Å². The molecule has 12 heavy (non-hydrogen) atoms. The molecule has 0 aliphatic heterocycles. The van der Waals surface area contributed by atoms with Gasteiger partial charge >= 0.3 is 0 Å². The highest BCUT2D eigenvalue weighted by molar-refractivity contribution is 5.68. The van der Waals surface area contributed by atoms with Crippen LogP contribution in [0.2, 0.25) is 0 Å². The van der Waals surface area contributed by atoms with E-state index in [1.807, 2.05) is 6.92 Å². The number of nitrogens with one attached hydrogen (secondary N) is 1. The van der Waals surface area contributed by atoms with Crippen LogP contribution in [0.5, 0.6) is 0 Å². The summed E-state index contributed by atoms with van der Waals surface area (Å²) in [5.74, 6) is 1.20. The minimum absolute atomic E-state index is 0.151. The Morgan fingerprint density at radius 2 is 2.33 bits per heavy atom. The number of aliphatic hydroxyl groups is 1. The molecule has 0 atom stereocenters. The monoisotopic (exact) mass is 164 g/mol. The Hall–Kier alpha value is -1.49. The molecule has 0 unspecified atom stereocenters. The second-order valence-corrected chi connectivity index (χ2v) is 2.50. The van der Waals surface area contributed by atoms with Crippen molar-refractivity contribution in [2.45, 2.75) is 13.5 Å². The Balaban J connectivity index is 2.66. The summed E-state index contributed by atoms with van der Waals surface area (Å²) in [5, 5.41) is 8.74. The van der Waals surface area contributed by atoms with Crippen molar-refractivity contribution >= 4 is 11.2 Å². The third kappa shape index (κ3) is 1.04. The van der Waals surface area contributed by atoms with Crippen molar-refractivity contribution in [3.63, 3.8) is 0 Å². The Labute approximate surface area is 68.5 Å². The second kappa shape index (κ2) is 2.53. The van der Waals surface area contributed by atoms with Gasteiger partial charge in [0.15, 0.2) is 11.5 Å². The fourth-order valence-corrected chi connectivity index (χ4v) is 1.04. The Bertz CT molecular complexity index is 409. The van der Waals surface area contributed by atoms with Gasteiger partial charge in [0.25, 0.3) is 0 Å². The molecule has 2 heterocycles. The number of imidazole rings is 1. The van der Waals surface area contributed by atoms with Crippen LogP contribution in [0.15, 0.2) is 6.20 Å². The number of fused-ring (bicyclic) bond motifs is 1. The van der Waals surface area contributed by atoms with Gasteiger partial charge in [0.05, 0.1) is 6.20 Å². The van der Waals surface area contributed by atoms with Crippen molar-refractivity contribution in [2.24, 2.45) is 0 Å². The van der Waals surface area contributed by atoms with Crippen LogP contribution >= 0.6 is 0 Å². The van der Waals surface area contributed by atoms with Gasteiger partial charge in [-0.25, -0.2) is 15.0 Å². The maximum Gasteiger partial charge on any atom is 0.181 e. The molecule has 0 radical (unpaired) electrons. The van der Waals surface area contributed by atoms with Crippen molar-refractivity contribution in [1.82, 2.24) is 19.9 Å². The molecule has 62 valence electrons. The largest absolute Gasteiger partial charge is 0.388 e. The number of H-pyrrole nitrogens is 1. The Morgan fingerprint density at radius 3 is 3.08 bits per heavy atom. The summed E-state index contributed by atoms with van der Waals surface area (Å²) >= 11 is 0. The van der Waals surface area contributed by atoms with Crippen molar-refractivity contribution in [3.05, 3.63) is 17.8 Å². The topological polar surface area (TPSA) is 74.7 Å². The van der Waals surface area contributed by atoms with Crippen LogP contribution in [0.4, 0.5) is 0 Å². The molecule has 2 rings (SSSR count). The molecule has 5 nitrogen and oxygen atoms in total. The van der Waals surface area contributed by atoms with E-state index in [2.05, 4.69) is 19.9 Å². The highest BCUT2D eigenvalue weighted by Crippen LogP contribution is 2.06. The minimum Gasteiger partial charge on any atom is -0.388 e. The highest BCUT2D eigenvalue weighted by Gasteiger charge is 2.01. The van der Waals surface area contributed by atoms with Gasteiger partial charge in [0, 0.05) is 0 Å². The first-order valence-electron chi connectivity index (χ1n) is 3.58. The normalized spacial score (nSPS) is 10.8. The van der Waals surface area contributed by atoms with Crippen molar-refractivity contribution in [3.8, 4) is 0 Å². The zero-order chi connectivity index (χ0) is 8.55. The summed E-state index contributed by atoms with van der Waals surface area (Å²) in [6.45, 7) is 1.70. The zero-order valence-corrected chi connectivity index (χ0v) is 6.57.